The van der Waals surface area contributed by atoms with Crippen molar-refractivity contribution in [1.82, 2.24) is 10.6 Å². The zero-order chi connectivity index (χ0) is 18.5. The van der Waals surface area contributed by atoms with E-state index in [0.29, 0.717) is 29.4 Å². The standard InChI is InChI=1S/C20H24N2O4/c1-24-17-10-14(11-18(25-2)19(17)26-3)20(23)22-12-16-15-7-5-4-6-13(15)8-9-21-16/h4-7,10-11,16,21H,8-9,12H2,1-3H3,(H,22,23). The number of carbonyl (C=O) groups is 1. The lowest BCUT2D eigenvalue weighted by Gasteiger charge is -2.27. The molecule has 0 saturated carbocycles. The predicted molar refractivity (Wildman–Crippen MR) is 99.3 cm³/mol. The average Bonchev–Trinajstić information content (AvgIpc) is 2.70. The number of ether oxygens (including phenoxy) is 3. The van der Waals surface area contributed by atoms with Crippen LogP contribution in [-0.2, 0) is 6.42 Å². The molecule has 0 saturated heterocycles. The molecular formula is C20H24N2O4. The van der Waals surface area contributed by atoms with Gasteiger partial charge in [-0.15, -0.1) is 0 Å². The van der Waals surface area contributed by atoms with Gasteiger partial charge in [0.2, 0.25) is 5.75 Å². The Morgan fingerprint density at radius 2 is 1.81 bits per heavy atom. The Morgan fingerprint density at radius 3 is 2.46 bits per heavy atom. The number of amides is 1. The van der Waals surface area contributed by atoms with E-state index >= 15 is 0 Å². The molecular weight excluding hydrogens is 332 g/mol. The van der Waals surface area contributed by atoms with Crippen LogP contribution in [0.25, 0.3) is 0 Å². The molecule has 6 nitrogen and oxygen atoms in total. The third-order valence-corrected chi connectivity index (χ3v) is 4.61. The molecule has 0 aliphatic carbocycles. The van der Waals surface area contributed by atoms with Crippen LogP contribution in [0.2, 0.25) is 0 Å². The third-order valence-electron chi connectivity index (χ3n) is 4.61. The van der Waals surface area contributed by atoms with Crippen molar-refractivity contribution in [3.8, 4) is 17.2 Å². The summed E-state index contributed by atoms with van der Waals surface area (Å²) >= 11 is 0. The normalized spacial score (nSPS) is 15.7. The van der Waals surface area contributed by atoms with Crippen molar-refractivity contribution in [2.45, 2.75) is 12.5 Å². The van der Waals surface area contributed by atoms with Crippen molar-refractivity contribution >= 4 is 5.91 Å². The minimum Gasteiger partial charge on any atom is -0.493 e. The Bertz CT molecular complexity index is 766. The first-order valence-corrected chi connectivity index (χ1v) is 8.57. The number of carbonyl (C=O) groups excluding carboxylic acids is 1. The van der Waals surface area contributed by atoms with Gasteiger partial charge in [-0.3, -0.25) is 4.79 Å². The fourth-order valence-electron chi connectivity index (χ4n) is 3.28. The zero-order valence-electron chi connectivity index (χ0n) is 15.3. The molecule has 0 spiro atoms. The van der Waals surface area contributed by atoms with E-state index in [0.717, 1.165) is 13.0 Å². The molecule has 1 amide bonds. The van der Waals surface area contributed by atoms with Gasteiger partial charge in [0.15, 0.2) is 11.5 Å². The van der Waals surface area contributed by atoms with E-state index in [1.165, 1.54) is 32.5 Å². The van der Waals surface area contributed by atoms with Crippen LogP contribution in [0.4, 0.5) is 0 Å². The van der Waals surface area contributed by atoms with Crippen LogP contribution in [0.1, 0.15) is 27.5 Å². The lowest BCUT2D eigenvalue weighted by atomic mass is 9.94. The van der Waals surface area contributed by atoms with Crippen LogP contribution in [0.3, 0.4) is 0 Å². The summed E-state index contributed by atoms with van der Waals surface area (Å²) in [6, 6.07) is 11.7. The van der Waals surface area contributed by atoms with E-state index in [1.54, 1.807) is 12.1 Å². The van der Waals surface area contributed by atoms with E-state index in [4.69, 9.17) is 14.2 Å². The fraction of sp³-hybridized carbons (Fsp3) is 0.350. The molecule has 1 unspecified atom stereocenters. The molecule has 138 valence electrons. The van der Waals surface area contributed by atoms with Gasteiger partial charge in [-0.25, -0.2) is 0 Å². The molecule has 6 heteroatoms. The smallest absolute Gasteiger partial charge is 0.251 e. The Morgan fingerprint density at radius 1 is 1.12 bits per heavy atom. The highest BCUT2D eigenvalue weighted by Crippen LogP contribution is 2.38. The van der Waals surface area contributed by atoms with E-state index < -0.39 is 0 Å². The second kappa shape index (κ2) is 8.10. The minimum atomic E-state index is -0.186. The van der Waals surface area contributed by atoms with Gasteiger partial charge in [-0.05, 0) is 36.2 Å². The zero-order valence-corrected chi connectivity index (χ0v) is 15.3. The summed E-state index contributed by atoms with van der Waals surface area (Å²) in [7, 11) is 4.59. The molecule has 2 aromatic carbocycles. The SMILES string of the molecule is COc1cc(C(=O)NCC2NCCc3ccccc32)cc(OC)c1OC. The van der Waals surface area contributed by atoms with Crippen LogP contribution in [0.15, 0.2) is 36.4 Å². The summed E-state index contributed by atoms with van der Waals surface area (Å²) in [5.41, 5.74) is 3.03. The number of hydrogen-bond donors (Lipinski definition) is 2. The maximum absolute atomic E-state index is 12.6. The highest BCUT2D eigenvalue weighted by molar-refractivity contribution is 5.95. The highest BCUT2D eigenvalue weighted by Gasteiger charge is 2.21. The molecule has 0 aromatic heterocycles. The summed E-state index contributed by atoms with van der Waals surface area (Å²) in [6.07, 6.45) is 1.01. The van der Waals surface area contributed by atoms with E-state index in [1.807, 2.05) is 6.07 Å². The van der Waals surface area contributed by atoms with Gasteiger partial charge in [-0.1, -0.05) is 24.3 Å². The molecule has 1 aliphatic rings. The van der Waals surface area contributed by atoms with Crippen molar-refractivity contribution in [3.05, 3.63) is 53.1 Å². The second-order valence-corrected chi connectivity index (χ2v) is 6.08. The minimum absolute atomic E-state index is 0.103. The number of methoxy groups -OCH3 is 3. The molecule has 3 rings (SSSR count). The largest absolute Gasteiger partial charge is 0.493 e. The molecule has 1 atom stereocenters. The predicted octanol–water partition coefficient (Wildman–Crippen LogP) is 2.33. The van der Waals surface area contributed by atoms with Gasteiger partial charge in [0.1, 0.15) is 0 Å². The van der Waals surface area contributed by atoms with Crippen LogP contribution < -0.4 is 24.8 Å². The maximum Gasteiger partial charge on any atom is 0.251 e. The summed E-state index contributed by atoms with van der Waals surface area (Å²) in [4.78, 5) is 12.6. The summed E-state index contributed by atoms with van der Waals surface area (Å²) in [5, 5.41) is 6.46. The van der Waals surface area contributed by atoms with Crippen molar-refractivity contribution in [2.75, 3.05) is 34.4 Å². The second-order valence-electron chi connectivity index (χ2n) is 6.08. The molecule has 2 aromatic rings. The number of hydrogen-bond acceptors (Lipinski definition) is 5. The molecule has 0 fully saturated rings. The van der Waals surface area contributed by atoms with Crippen molar-refractivity contribution in [3.63, 3.8) is 0 Å². The number of benzene rings is 2. The molecule has 2 N–H and O–H groups in total. The Balaban J connectivity index is 1.75. The van der Waals surface area contributed by atoms with Gasteiger partial charge in [0.05, 0.1) is 21.3 Å². The number of rotatable bonds is 6. The van der Waals surface area contributed by atoms with Crippen LogP contribution >= 0.6 is 0 Å². The third kappa shape index (κ3) is 3.60. The molecule has 0 radical (unpaired) electrons. The monoisotopic (exact) mass is 356 g/mol. The number of fused-ring (bicyclic) bond motifs is 1. The Labute approximate surface area is 153 Å². The Hall–Kier alpha value is -2.73. The van der Waals surface area contributed by atoms with E-state index in [9.17, 15) is 4.79 Å². The molecule has 1 aliphatic heterocycles. The fourth-order valence-corrected chi connectivity index (χ4v) is 3.28. The van der Waals surface area contributed by atoms with E-state index in [-0.39, 0.29) is 11.9 Å². The number of nitrogens with one attached hydrogen (secondary N) is 2. The first-order valence-electron chi connectivity index (χ1n) is 8.57. The van der Waals surface area contributed by atoms with Gasteiger partial charge in [-0.2, -0.15) is 0 Å². The van der Waals surface area contributed by atoms with Gasteiger partial charge in [0.25, 0.3) is 5.91 Å². The van der Waals surface area contributed by atoms with Gasteiger partial charge < -0.3 is 24.8 Å². The lowest BCUT2D eigenvalue weighted by Crippen LogP contribution is -2.38. The molecule has 26 heavy (non-hydrogen) atoms. The summed E-state index contributed by atoms with van der Waals surface area (Å²) in [6.45, 7) is 1.41. The topological polar surface area (TPSA) is 68.8 Å². The van der Waals surface area contributed by atoms with E-state index in [2.05, 4.69) is 28.8 Å². The summed E-state index contributed by atoms with van der Waals surface area (Å²) < 4.78 is 15.9. The van der Waals surface area contributed by atoms with Gasteiger partial charge >= 0.3 is 0 Å². The quantitative estimate of drug-likeness (QED) is 0.831. The first-order chi connectivity index (χ1) is 12.7. The van der Waals surface area contributed by atoms with Crippen LogP contribution in [-0.4, -0.2) is 40.3 Å². The highest BCUT2D eigenvalue weighted by atomic mass is 16.5. The molecule has 0 bridgehead atoms. The van der Waals surface area contributed by atoms with Crippen molar-refractivity contribution in [2.24, 2.45) is 0 Å². The van der Waals surface area contributed by atoms with Crippen molar-refractivity contribution in [1.29, 1.82) is 0 Å². The molecule has 1 heterocycles. The maximum atomic E-state index is 12.6. The first kappa shape index (κ1) is 18.1. The lowest BCUT2D eigenvalue weighted by molar-refractivity contribution is 0.0948. The Kier molecular flexibility index (Phi) is 5.63. The van der Waals surface area contributed by atoms with Gasteiger partial charge in [0, 0.05) is 18.2 Å². The average molecular weight is 356 g/mol. The van der Waals surface area contributed by atoms with Crippen LogP contribution in [0.5, 0.6) is 17.2 Å². The van der Waals surface area contributed by atoms with Crippen LogP contribution in [0, 0.1) is 0 Å². The van der Waals surface area contributed by atoms with Crippen molar-refractivity contribution < 1.29 is 19.0 Å². The summed E-state index contributed by atoms with van der Waals surface area (Å²) in [5.74, 6) is 1.19.